The lowest BCUT2D eigenvalue weighted by Crippen LogP contribution is -2.32. The number of nitrogens with zero attached hydrogens (tertiary/aromatic N) is 2. The lowest BCUT2D eigenvalue weighted by molar-refractivity contribution is -0.119. The summed E-state index contributed by atoms with van der Waals surface area (Å²) < 4.78 is 11.2. The molecule has 0 aromatic heterocycles. The van der Waals surface area contributed by atoms with Gasteiger partial charge in [-0.15, -0.1) is 0 Å². The maximum absolute atomic E-state index is 13.2. The molecule has 2 saturated heterocycles. The first-order valence-electron chi connectivity index (χ1n) is 9.29. The van der Waals surface area contributed by atoms with Gasteiger partial charge in [0.15, 0.2) is 11.5 Å². The molecule has 1 amide bonds. The van der Waals surface area contributed by atoms with E-state index in [1.54, 1.807) is 7.11 Å². The predicted octanol–water partition coefficient (Wildman–Crippen LogP) is 4.26. The molecule has 0 saturated carbocycles. The van der Waals surface area contributed by atoms with Crippen molar-refractivity contribution in [2.24, 2.45) is 0 Å². The van der Waals surface area contributed by atoms with Crippen molar-refractivity contribution in [2.75, 3.05) is 25.2 Å². The summed E-state index contributed by atoms with van der Waals surface area (Å²) in [5.74, 6) is 1.52. The predicted molar refractivity (Wildman–Crippen MR) is 106 cm³/mol. The molecule has 2 aliphatic heterocycles. The fraction of sp³-hybridized carbons (Fsp3) is 0.381. The molecule has 2 unspecified atom stereocenters. The van der Waals surface area contributed by atoms with Crippen molar-refractivity contribution in [3.8, 4) is 11.5 Å². The SMILES string of the molecule is CCOc1ccc(C2N(c3cccc(Cl)c3)C(=O)C3CCCN32)cc1OC. The van der Waals surface area contributed by atoms with Crippen LogP contribution in [0.4, 0.5) is 5.69 Å². The number of benzene rings is 2. The average Bonchev–Trinajstić information content (AvgIpc) is 3.24. The Bertz CT molecular complexity index is 857. The summed E-state index contributed by atoms with van der Waals surface area (Å²) in [5, 5.41) is 0.621. The second-order valence-corrected chi connectivity index (χ2v) is 7.24. The van der Waals surface area contributed by atoms with Crippen molar-refractivity contribution in [3.63, 3.8) is 0 Å². The molecule has 0 radical (unpaired) electrons. The number of amides is 1. The van der Waals surface area contributed by atoms with Crippen molar-refractivity contribution in [2.45, 2.75) is 32.0 Å². The Hall–Kier alpha value is -2.24. The van der Waals surface area contributed by atoms with Gasteiger partial charge in [0.1, 0.15) is 6.17 Å². The van der Waals surface area contributed by atoms with Gasteiger partial charge in [-0.1, -0.05) is 23.7 Å². The number of rotatable bonds is 5. The second-order valence-electron chi connectivity index (χ2n) is 6.80. The van der Waals surface area contributed by atoms with Gasteiger partial charge in [0, 0.05) is 17.3 Å². The summed E-state index contributed by atoms with van der Waals surface area (Å²) >= 11 is 6.20. The number of carbonyl (C=O) groups is 1. The third-order valence-electron chi connectivity index (χ3n) is 5.25. The Morgan fingerprint density at radius 3 is 2.78 bits per heavy atom. The molecule has 0 spiro atoms. The third kappa shape index (κ3) is 3.15. The standard InChI is InChI=1S/C21H23ClN2O3/c1-3-27-18-10-9-14(12-19(18)26-2)20-23-11-5-8-17(23)21(25)24(20)16-7-4-6-15(22)13-16/h4,6-7,9-10,12-13,17,20H,3,5,8,11H2,1-2H3. The maximum atomic E-state index is 13.2. The van der Waals surface area contributed by atoms with E-state index in [0.29, 0.717) is 23.1 Å². The van der Waals surface area contributed by atoms with Crippen LogP contribution in [-0.4, -0.2) is 37.1 Å². The number of ether oxygens (including phenoxy) is 2. The van der Waals surface area contributed by atoms with E-state index in [1.165, 1.54) is 0 Å². The van der Waals surface area contributed by atoms with Gasteiger partial charge in [0.25, 0.3) is 0 Å². The molecule has 2 aromatic carbocycles. The van der Waals surface area contributed by atoms with Crippen LogP contribution in [0.25, 0.3) is 0 Å². The van der Waals surface area contributed by atoms with Gasteiger partial charge in [-0.05, 0) is 55.7 Å². The average molecular weight is 387 g/mol. The zero-order chi connectivity index (χ0) is 19.0. The van der Waals surface area contributed by atoms with Gasteiger partial charge in [0.2, 0.25) is 5.91 Å². The topological polar surface area (TPSA) is 42.0 Å². The van der Waals surface area contributed by atoms with E-state index in [2.05, 4.69) is 4.90 Å². The van der Waals surface area contributed by atoms with Gasteiger partial charge in [0.05, 0.1) is 19.8 Å². The summed E-state index contributed by atoms with van der Waals surface area (Å²) in [5.41, 5.74) is 1.83. The Balaban J connectivity index is 1.79. The smallest absolute Gasteiger partial charge is 0.246 e. The van der Waals surface area contributed by atoms with E-state index in [1.807, 2.05) is 54.3 Å². The minimum Gasteiger partial charge on any atom is -0.493 e. The van der Waals surface area contributed by atoms with E-state index < -0.39 is 0 Å². The van der Waals surface area contributed by atoms with Crippen LogP contribution in [0.5, 0.6) is 11.5 Å². The molecule has 2 heterocycles. The molecule has 4 rings (SSSR count). The van der Waals surface area contributed by atoms with Crippen LogP contribution in [0, 0.1) is 0 Å². The number of hydrogen-bond acceptors (Lipinski definition) is 4. The molecule has 0 N–H and O–H groups in total. The Morgan fingerprint density at radius 2 is 2.04 bits per heavy atom. The van der Waals surface area contributed by atoms with Crippen LogP contribution in [0.2, 0.25) is 5.02 Å². The number of hydrogen-bond donors (Lipinski definition) is 0. The van der Waals surface area contributed by atoms with Gasteiger partial charge in [-0.25, -0.2) is 0 Å². The minimum atomic E-state index is -0.173. The molecule has 0 bridgehead atoms. The highest BCUT2D eigenvalue weighted by molar-refractivity contribution is 6.31. The summed E-state index contributed by atoms with van der Waals surface area (Å²) in [7, 11) is 1.63. The Labute approximate surface area is 164 Å². The molecule has 2 aromatic rings. The number of carbonyl (C=O) groups excluding carboxylic acids is 1. The molecule has 2 fully saturated rings. The summed E-state index contributed by atoms with van der Waals surface area (Å²) in [6.07, 6.45) is 1.75. The maximum Gasteiger partial charge on any atom is 0.246 e. The fourth-order valence-corrected chi connectivity index (χ4v) is 4.32. The third-order valence-corrected chi connectivity index (χ3v) is 5.48. The zero-order valence-corrected chi connectivity index (χ0v) is 16.3. The molecular weight excluding hydrogens is 364 g/mol. The van der Waals surface area contributed by atoms with E-state index in [0.717, 1.165) is 30.6 Å². The summed E-state index contributed by atoms with van der Waals surface area (Å²) in [6.45, 7) is 3.41. The van der Waals surface area contributed by atoms with Gasteiger partial charge < -0.3 is 9.47 Å². The van der Waals surface area contributed by atoms with Crippen molar-refractivity contribution in [1.82, 2.24) is 4.90 Å². The highest BCUT2D eigenvalue weighted by atomic mass is 35.5. The zero-order valence-electron chi connectivity index (χ0n) is 15.5. The van der Waals surface area contributed by atoms with Gasteiger partial charge in [-0.2, -0.15) is 0 Å². The minimum absolute atomic E-state index is 0.0773. The monoisotopic (exact) mass is 386 g/mol. The van der Waals surface area contributed by atoms with Crippen LogP contribution in [0.1, 0.15) is 31.5 Å². The van der Waals surface area contributed by atoms with Crippen molar-refractivity contribution in [3.05, 3.63) is 53.1 Å². The lowest BCUT2D eigenvalue weighted by atomic mass is 10.1. The molecule has 6 heteroatoms. The quantitative estimate of drug-likeness (QED) is 0.770. The molecule has 0 aliphatic carbocycles. The van der Waals surface area contributed by atoms with Crippen LogP contribution in [0.3, 0.4) is 0 Å². The molecule has 5 nitrogen and oxygen atoms in total. The van der Waals surface area contributed by atoms with Crippen LogP contribution in [0.15, 0.2) is 42.5 Å². The normalized spacial score (nSPS) is 22.2. The molecular formula is C21H23ClN2O3. The Morgan fingerprint density at radius 1 is 1.19 bits per heavy atom. The second kappa shape index (κ2) is 7.41. The first kappa shape index (κ1) is 18.1. The highest BCUT2D eigenvalue weighted by Crippen LogP contribution is 2.44. The van der Waals surface area contributed by atoms with Gasteiger partial charge >= 0.3 is 0 Å². The van der Waals surface area contributed by atoms with Gasteiger partial charge in [-0.3, -0.25) is 14.6 Å². The van der Waals surface area contributed by atoms with E-state index in [4.69, 9.17) is 21.1 Å². The molecule has 27 heavy (non-hydrogen) atoms. The fourth-order valence-electron chi connectivity index (χ4n) is 4.13. The number of halogens is 1. The van der Waals surface area contributed by atoms with Crippen LogP contribution in [-0.2, 0) is 4.79 Å². The van der Waals surface area contributed by atoms with Crippen LogP contribution >= 0.6 is 11.6 Å². The summed E-state index contributed by atoms with van der Waals surface area (Å²) in [4.78, 5) is 17.3. The van der Waals surface area contributed by atoms with E-state index >= 15 is 0 Å². The largest absolute Gasteiger partial charge is 0.493 e. The number of anilines is 1. The summed E-state index contributed by atoms with van der Waals surface area (Å²) in [6, 6.07) is 13.3. The van der Waals surface area contributed by atoms with Crippen LogP contribution < -0.4 is 14.4 Å². The number of fused-ring (bicyclic) bond motifs is 1. The number of methoxy groups -OCH3 is 1. The van der Waals surface area contributed by atoms with Crippen molar-refractivity contribution >= 4 is 23.2 Å². The van der Waals surface area contributed by atoms with Crippen molar-refractivity contribution in [1.29, 1.82) is 0 Å². The molecule has 2 aliphatic rings. The molecule has 2 atom stereocenters. The molecule has 142 valence electrons. The van der Waals surface area contributed by atoms with E-state index in [-0.39, 0.29) is 18.1 Å². The van der Waals surface area contributed by atoms with Crippen molar-refractivity contribution < 1.29 is 14.3 Å². The highest BCUT2D eigenvalue weighted by Gasteiger charge is 2.49. The first-order chi connectivity index (χ1) is 13.1. The Kier molecular flexibility index (Phi) is 4.98. The van der Waals surface area contributed by atoms with E-state index in [9.17, 15) is 4.79 Å². The lowest BCUT2D eigenvalue weighted by Gasteiger charge is -2.30. The first-order valence-corrected chi connectivity index (χ1v) is 9.67.